The molecule has 5 nitrogen and oxygen atoms in total. The minimum atomic E-state index is -0.617. The highest BCUT2D eigenvalue weighted by molar-refractivity contribution is 7.99. The number of halogens is 1. The molecule has 0 heterocycles. The monoisotopic (exact) mass is 418 g/mol. The fourth-order valence-corrected chi connectivity index (χ4v) is 3.62. The van der Waals surface area contributed by atoms with Gasteiger partial charge in [-0.25, -0.2) is 4.39 Å². The van der Waals surface area contributed by atoms with E-state index < -0.39 is 6.04 Å². The highest BCUT2D eigenvalue weighted by Crippen LogP contribution is 2.18. The van der Waals surface area contributed by atoms with Crippen molar-refractivity contribution in [2.45, 2.75) is 32.2 Å². The van der Waals surface area contributed by atoms with E-state index in [-0.39, 0.29) is 29.9 Å². The summed E-state index contributed by atoms with van der Waals surface area (Å²) in [5.41, 5.74) is 1.86. The van der Waals surface area contributed by atoms with Gasteiger partial charge in [-0.05, 0) is 49.2 Å². The minimum Gasteiger partial charge on any atom is -0.497 e. The summed E-state index contributed by atoms with van der Waals surface area (Å²) in [5.74, 6) is 1.04. The molecule has 0 bridgehead atoms. The maximum Gasteiger partial charge on any atom is 0.242 e. The van der Waals surface area contributed by atoms with Crippen LogP contribution in [-0.2, 0) is 21.9 Å². The van der Waals surface area contributed by atoms with Gasteiger partial charge in [-0.2, -0.15) is 0 Å². The third-order valence-corrected chi connectivity index (χ3v) is 5.43. The molecule has 29 heavy (non-hydrogen) atoms. The van der Waals surface area contributed by atoms with Crippen molar-refractivity contribution in [3.63, 3.8) is 0 Å². The molecule has 1 N–H and O–H groups in total. The predicted octanol–water partition coefficient (Wildman–Crippen LogP) is 3.62. The van der Waals surface area contributed by atoms with Gasteiger partial charge in [0.1, 0.15) is 17.6 Å². The molecule has 0 aliphatic rings. The van der Waals surface area contributed by atoms with E-state index in [1.807, 2.05) is 31.2 Å². The van der Waals surface area contributed by atoms with Crippen molar-refractivity contribution in [1.29, 1.82) is 0 Å². The molecule has 2 aromatic rings. The molecule has 0 saturated heterocycles. The number of hydrogen-bond acceptors (Lipinski definition) is 4. The normalized spacial score (nSPS) is 11.6. The van der Waals surface area contributed by atoms with Crippen LogP contribution in [0.1, 0.15) is 25.0 Å². The maximum atomic E-state index is 13.2. The third kappa shape index (κ3) is 7.09. The van der Waals surface area contributed by atoms with Crippen LogP contribution in [0.4, 0.5) is 4.39 Å². The first-order valence-electron chi connectivity index (χ1n) is 9.47. The Kier molecular flexibility index (Phi) is 8.99. The molecule has 0 aliphatic heterocycles. The SMILES string of the molecule is CCNC(=O)[C@@H](C)N(Cc1ccc(F)cc1)C(=O)CSCc1ccc(OC)cc1. The number of carbonyl (C=O) groups is 2. The lowest BCUT2D eigenvalue weighted by atomic mass is 10.1. The van der Waals surface area contributed by atoms with Crippen LogP contribution in [0.2, 0.25) is 0 Å². The van der Waals surface area contributed by atoms with Gasteiger partial charge >= 0.3 is 0 Å². The molecule has 2 amide bonds. The Bertz CT molecular complexity index is 797. The first kappa shape index (κ1) is 22.7. The number of nitrogens with zero attached hydrogens (tertiary/aromatic N) is 1. The summed E-state index contributed by atoms with van der Waals surface area (Å²) in [5, 5.41) is 2.76. The van der Waals surface area contributed by atoms with Gasteiger partial charge in [0.25, 0.3) is 0 Å². The Hall–Kier alpha value is -2.54. The van der Waals surface area contributed by atoms with Gasteiger partial charge in [0.05, 0.1) is 12.9 Å². The first-order chi connectivity index (χ1) is 13.9. The third-order valence-electron chi connectivity index (χ3n) is 4.44. The van der Waals surface area contributed by atoms with E-state index in [4.69, 9.17) is 4.74 Å². The van der Waals surface area contributed by atoms with Crippen LogP contribution in [0.3, 0.4) is 0 Å². The minimum absolute atomic E-state index is 0.133. The predicted molar refractivity (Wildman–Crippen MR) is 114 cm³/mol. The van der Waals surface area contributed by atoms with Crippen LogP contribution in [0.25, 0.3) is 0 Å². The van der Waals surface area contributed by atoms with E-state index in [0.29, 0.717) is 12.3 Å². The Morgan fingerprint density at radius 3 is 2.31 bits per heavy atom. The average Bonchev–Trinajstić information content (AvgIpc) is 2.73. The quantitative estimate of drug-likeness (QED) is 0.640. The molecule has 0 spiro atoms. The largest absolute Gasteiger partial charge is 0.497 e. The number of ether oxygens (including phenoxy) is 1. The van der Waals surface area contributed by atoms with Crippen LogP contribution in [-0.4, -0.2) is 42.2 Å². The van der Waals surface area contributed by atoms with Crippen molar-refractivity contribution in [3.8, 4) is 5.75 Å². The Balaban J connectivity index is 2.02. The number of methoxy groups -OCH3 is 1. The maximum absolute atomic E-state index is 13.2. The number of likely N-dealkylation sites (N-methyl/N-ethyl adjacent to an activating group) is 1. The second-order valence-electron chi connectivity index (χ2n) is 6.56. The number of thioether (sulfide) groups is 1. The lowest BCUT2D eigenvalue weighted by Crippen LogP contribution is -2.48. The zero-order valence-electron chi connectivity index (χ0n) is 17.0. The first-order valence-corrected chi connectivity index (χ1v) is 10.6. The van der Waals surface area contributed by atoms with Crippen molar-refractivity contribution >= 4 is 23.6 Å². The summed E-state index contributed by atoms with van der Waals surface area (Å²) in [7, 11) is 1.62. The van der Waals surface area contributed by atoms with Gasteiger partial charge < -0.3 is 15.0 Å². The molecule has 0 aliphatic carbocycles. The van der Waals surface area contributed by atoms with E-state index in [1.54, 1.807) is 31.1 Å². The molecule has 2 rings (SSSR count). The number of rotatable bonds is 10. The van der Waals surface area contributed by atoms with E-state index >= 15 is 0 Å². The lowest BCUT2D eigenvalue weighted by Gasteiger charge is -2.28. The Morgan fingerprint density at radius 1 is 1.10 bits per heavy atom. The summed E-state index contributed by atoms with van der Waals surface area (Å²) in [4.78, 5) is 26.7. The van der Waals surface area contributed by atoms with Gasteiger partial charge in [0, 0.05) is 18.8 Å². The zero-order chi connectivity index (χ0) is 21.2. The molecule has 1 atom stereocenters. The Labute approximate surface area is 175 Å². The smallest absolute Gasteiger partial charge is 0.242 e. The van der Waals surface area contributed by atoms with Crippen LogP contribution < -0.4 is 10.1 Å². The number of amides is 2. The van der Waals surface area contributed by atoms with Crippen molar-refractivity contribution in [2.75, 3.05) is 19.4 Å². The summed E-state index contributed by atoms with van der Waals surface area (Å²) >= 11 is 1.49. The van der Waals surface area contributed by atoms with Gasteiger partial charge in [-0.15, -0.1) is 11.8 Å². The van der Waals surface area contributed by atoms with Crippen molar-refractivity contribution in [2.24, 2.45) is 0 Å². The highest BCUT2D eigenvalue weighted by Gasteiger charge is 2.25. The zero-order valence-corrected chi connectivity index (χ0v) is 17.8. The van der Waals surface area contributed by atoms with Crippen LogP contribution in [0.15, 0.2) is 48.5 Å². The number of nitrogens with one attached hydrogen (secondary N) is 1. The van der Waals surface area contributed by atoms with Crippen LogP contribution in [0.5, 0.6) is 5.75 Å². The lowest BCUT2D eigenvalue weighted by molar-refractivity contribution is -0.138. The summed E-state index contributed by atoms with van der Waals surface area (Å²) < 4.78 is 18.3. The molecule has 2 aromatic carbocycles. The fourth-order valence-electron chi connectivity index (χ4n) is 2.75. The summed E-state index contributed by atoms with van der Waals surface area (Å²) in [6, 6.07) is 13.0. The van der Waals surface area contributed by atoms with E-state index in [2.05, 4.69) is 5.32 Å². The summed E-state index contributed by atoms with van der Waals surface area (Å²) in [6.45, 7) is 4.29. The highest BCUT2D eigenvalue weighted by atomic mass is 32.2. The topological polar surface area (TPSA) is 58.6 Å². The molecular weight excluding hydrogens is 391 g/mol. The second-order valence-corrected chi connectivity index (χ2v) is 7.55. The molecule has 0 aromatic heterocycles. The fraction of sp³-hybridized carbons (Fsp3) is 0.364. The molecule has 0 unspecified atom stereocenters. The van der Waals surface area contributed by atoms with E-state index in [0.717, 1.165) is 16.9 Å². The van der Waals surface area contributed by atoms with Crippen molar-refractivity contribution in [1.82, 2.24) is 10.2 Å². The molecule has 0 radical (unpaired) electrons. The number of hydrogen-bond donors (Lipinski definition) is 1. The van der Waals surface area contributed by atoms with Crippen molar-refractivity contribution in [3.05, 3.63) is 65.5 Å². The van der Waals surface area contributed by atoms with E-state index in [9.17, 15) is 14.0 Å². The van der Waals surface area contributed by atoms with Crippen molar-refractivity contribution < 1.29 is 18.7 Å². The van der Waals surface area contributed by atoms with Gasteiger partial charge in [-0.1, -0.05) is 24.3 Å². The Morgan fingerprint density at radius 2 is 1.72 bits per heavy atom. The summed E-state index contributed by atoms with van der Waals surface area (Å²) in [6.07, 6.45) is 0. The van der Waals surface area contributed by atoms with Gasteiger partial charge in [0.2, 0.25) is 11.8 Å². The molecule has 156 valence electrons. The molecule has 7 heteroatoms. The van der Waals surface area contributed by atoms with Crippen LogP contribution >= 0.6 is 11.8 Å². The molecule has 0 fully saturated rings. The number of benzene rings is 2. The van der Waals surface area contributed by atoms with E-state index in [1.165, 1.54) is 23.9 Å². The second kappa shape index (κ2) is 11.5. The van der Waals surface area contributed by atoms with Gasteiger partial charge in [-0.3, -0.25) is 9.59 Å². The van der Waals surface area contributed by atoms with Gasteiger partial charge in [0.15, 0.2) is 0 Å². The standard InChI is InChI=1S/C22H27FN2O3S/c1-4-24-22(27)16(2)25(13-17-5-9-19(23)10-6-17)21(26)15-29-14-18-7-11-20(28-3)12-8-18/h5-12,16H,4,13-15H2,1-3H3,(H,24,27)/t16-/m1/s1. The number of carbonyl (C=O) groups excluding carboxylic acids is 2. The average molecular weight is 419 g/mol. The molecular formula is C22H27FN2O3S. The molecule has 0 saturated carbocycles. The van der Waals surface area contributed by atoms with Crippen LogP contribution in [0, 0.1) is 5.82 Å².